The lowest BCUT2D eigenvalue weighted by molar-refractivity contribution is 0.0951. The van der Waals surface area contributed by atoms with Crippen LogP contribution in [-0.4, -0.2) is 31.8 Å². The topological polar surface area (TPSA) is 67.8 Å². The van der Waals surface area contributed by atoms with E-state index in [-0.39, 0.29) is 17.2 Å². The average Bonchev–Trinajstić information content (AvgIpc) is 2.56. The van der Waals surface area contributed by atoms with E-state index in [4.69, 9.17) is 21.1 Å². The summed E-state index contributed by atoms with van der Waals surface area (Å²) in [6.07, 6.45) is 0.618. The van der Waals surface area contributed by atoms with Crippen molar-refractivity contribution in [2.24, 2.45) is 0 Å². The molecule has 0 spiro atoms. The van der Waals surface area contributed by atoms with E-state index in [0.29, 0.717) is 29.5 Å². The second-order valence-electron chi connectivity index (χ2n) is 4.86. The van der Waals surface area contributed by atoms with Gasteiger partial charge in [0.05, 0.1) is 19.8 Å². The normalized spacial score (nSPS) is 10.2. The van der Waals surface area contributed by atoms with E-state index in [9.17, 15) is 9.90 Å². The summed E-state index contributed by atoms with van der Waals surface area (Å²) in [6, 6.07) is 9.94. The van der Waals surface area contributed by atoms with Gasteiger partial charge in [0.15, 0.2) is 11.5 Å². The first-order valence-corrected chi connectivity index (χ1v) is 7.40. The fraction of sp³-hybridized carbons (Fsp3) is 0.235. The molecule has 2 aromatic carbocycles. The Balaban J connectivity index is 1.97. The monoisotopic (exact) mass is 335 g/mol. The summed E-state index contributed by atoms with van der Waals surface area (Å²) >= 11 is 5.84. The summed E-state index contributed by atoms with van der Waals surface area (Å²) in [5.41, 5.74) is 1.16. The SMILES string of the molecule is COc1ccc(CCNC(=O)c2cc(Cl)ccc2O)cc1OC. The quantitative estimate of drug-likeness (QED) is 0.851. The molecular weight excluding hydrogens is 318 g/mol. The lowest BCUT2D eigenvalue weighted by atomic mass is 10.1. The van der Waals surface area contributed by atoms with Crippen molar-refractivity contribution < 1.29 is 19.4 Å². The van der Waals surface area contributed by atoms with Crippen LogP contribution in [0.2, 0.25) is 5.02 Å². The van der Waals surface area contributed by atoms with Gasteiger partial charge in [-0.1, -0.05) is 17.7 Å². The number of halogens is 1. The Morgan fingerprint density at radius 2 is 1.87 bits per heavy atom. The molecule has 23 heavy (non-hydrogen) atoms. The van der Waals surface area contributed by atoms with E-state index in [1.165, 1.54) is 18.2 Å². The number of carbonyl (C=O) groups is 1. The van der Waals surface area contributed by atoms with Crippen LogP contribution in [0.15, 0.2) is 36.4 Å². The van der Waals surface area contributed by atoms with Crippen molar-refractivity contribution in [1.82, 2.24) is 5.32 Å². The van der Waals surface area contributed by atoms with Crippen molar-refractivity contribution in [3.63, 3.8) is 0 Å². The summed E-state index contributed by atoms with van der Waals surface area (Å²) in [4.78, 5) is 12.1. The maximum absolute atomic E-state index is 12.1. The Kier molecular flexibility index (Phi) is 5.71. The molecule has 0 saturated heterocycles. The first-order valence-electron chi connectivity index (χ1n) is 7.02. The van der Waals surface area contributed by atoms with Crippen molar-refractivity contribution >= 4 is 17.5 Å². The Morgan fingerprint density at radius 1 is 1.13 bits per heavy atom. The minimum atomic E-state index is -0.370. The predicted molar refractivity (Wildman–Crippen MR) is 88.7 cm³/mol. The van der Waals surface area contributed by atoms with Crippen LogP contribution in [0.1, 0.15) is 15.9 Å². The molecule has 1 amide bonds. The highest BCUT2D eigenvalue weighted by molar-refractivity contribution is 6.31. The summed E-state index contributed by atoms with van der Waals surface area (Å²) in [6.45, 7) is 0.417. The molecule has 0 fully saturated rings. The van der Waals surface area contributed by atoms with Crippen LogP contribution < -0.4 is 14.8 Å². The molecule has 0 atom stereocenters. The molecule has 0 aliphatic carbocycles. The van der Waals surface area contributed by atoms with Crippen LogP contribution in [0.25, 0.3) is 0 Å². The fourth-order valence-corrected chi connectivity index (χ4v) is 2.31. The number of hydrogen-bond acceptors (Lipinski definition) is 4. The molecule has 0 aliphatic rings. The highest BCUT2D eigenvalue weighted by Gasteiger charge is 2.11. The second kappa shape index (κ2) is 7.74. The van der Waals surface area contributed by atoms with Crippen molar-refractivity contribution in [1.29, 1.82) is 0 Å². The van der Waals surface area contributed by atoms with E-state index in [1.54, 1.807) is 14.2 Å². The first kappa shape index (κ1) is 17.0. The lowest BCUT2D eigenvalue weighted by Gasteiger charge is -2.10. The minimum absolute atomic E-state index is 0.0991. The van der Waals surface area contributed by atoms with Gasteiger partial charge < -0.3 is 19.9 Å². The molecule has 0 aromatic heterocycles. The molecule has 2 aromatic rings. The van der Waals surface area contributed by atoms with Crippen molar-refractivity contribution in [2.75, 3.05) is 20.8 Å². The maximum atomic E-state index is 12.1. The van der Waals surface area contributed by atoms with Crippen LogP contribution in [0, 0.1) is 0 Å². The zero-order valence-electron chi connectivity index (χ0n) is 12.9. The average molecular weight is 336 g/mol. The van der Waals surface area contributed by atoms with Gasteiger partial charge >= 0.3 is 0 Å². The van der Waals surface area contributed by atoms with Gasteiger partial charge in [0.1, 0.15) is 5.75 Å². The van der Waals surface area contributed by atoms with Gasteiger partial charge in [-0.25, -0.2) is 0 Å². The first-order chi connectivity index (χ1) is 11.0. The molecule has 0 heterocycles. The third kappa shape index (κ3) is 4.29. The van der Waals surface area contributed by atoms with E-state index in [1.807, 2.05) is 18.2 Å². The number of carbonyl (C=O) groups excluding carboxylic acids is 1. The molecule has 2 rings (SSSR count). The second-order valence-corrected chi connectivity index (χ2v) is 5.29. The van der Waals surface area contributed by atoms with Crippen LogP contribution >= 0.6 is 11.6 Å². The number of hydrogen-bond donors (Lipinski definition) is 2. The van der Waals surface area contributed by atoms with Gasteiger partial charge in [-0.05, 0) is 42.3 Å². The van der Waals surface area contributed by atoms with Gasteiger partial charge in [0.25, 0.3) is 5.91 Å². The van der Waals surface area contributed by atoms with Crippen LogP contribution in [0.5, 0.6) is 17.2 Å². The number of aromatic hydroxyl groups is 1. The van der Waals surface area contributed by atoms with Gasteiger partial charge in [-0.3, -0.25) is 4.79 Å². The van der Waals surface area contributed by atoms with E-state index in [2.05, 4.69) is 5.32 Å². The third-order valence-electron chi connectivity index (χ3n) is 3.35. The zero-order valence-corrected chi connectivity index (χ0v) is 13.7. The Labute approximate surface area is 139 Å². The molecule has 0 unspecified atom stereocenters. The Morgan fingerprint density at radius 3 is 2.57 bits per heavy atom. The van der Waals surface area contributed by atoms with Crippen LogP contribution in [0.4, 0.5) is 0 Å². The summed E-state index contributed by atoms with van der Waals surface area (Å²) in [7, 11) is 3.15. The van der Waals surface area contributed by atoms with Crippen molar-refractivity contribution in [3.8, 4) is 17.2 Å². The highest BCUT2D eigenvalue weighted by Crippen LogP contribution is 2.27. The number of methoxy groups -OCH3 is 2. The number of amides is 1. The van der Waals surface area contributed by atoms with Gasteiger partial charge in [0, 0.05) is 11.6 Å². The number of ether oxygens (including phenoxy) is 2. The van der Waals surface area contributed by atoms with Crippen molar-refractivity contribution in [3.05, 3.63) is 52.5 Å². The predicted octanol–water partition coefficient (Wildman–Crippen LogP) is 3.04. The minimum Gasteiger partial charge on any atom is -0.507 e. The molecule has 6 heteroatoms. The molecule has 122 valence electrons. The largest absolute Gasteiger partial charge is 0.507 e. The molecule has 0 aliphatic heterocycles. The van der Waals surface area contributed by atoms with Gasteiger partial charge in [0.2, 0.25) is 0 Å². The smallest absolute Gasteiger partial charge is 0.255 e. The van der Waals surface area contributed by atoms with Crippen molar-refractivity contribution in [2.45, 2.75) is 6.42 Å². The number of phenolic OH excluding ortho intramolecular Hbond substituents is 1. The standard InChI is InChI=1S/C17H18ClNO4/c1-22-15-6-3-11(9-16(15)23-2)7-8-19-17(21)13-10-12(18)4-5-14(13)20/h3-6,9-10,20H,7-8H2,1-2H3,(H,19,21). The molecule has 5 nitrogen and oxygen atoms in total. The third-order valence-corrected chi connectivity index (χ3v) is 3.59. The lowest BCUT2D eigenvalue weighted by Crippen LogP contribution is -2.25. The molecular formula is C17H18ClNO4. The summed E-state index contributed by atoms with van der Waals surface area (Å²) in [5.74, 6) is 0.830. The van der Waals surface area contributed by atoms with Gasteiger partial charge in [-0.2, -0.15) is 0 Å². The van der Waals surface area contributed by atoms with E-state index in [0.717, 1.165) is 5.56 Å². The number of benzene rings is 2. The molecule has 0 bridgehead atoms. The Hall–Kier alpha value is -2.40. The van der Waals surface area contributed by atoms with Crippen LogP contribution in [0.3, 0.4) is 0 Å². The number of nitrogens with one attached hydrogen (secondary N) is 1. The summed E-state index contributed by atoms with van der Waals surface area (Å²) < 4.78 is 10.4. The molecule has 0 radical (unpaired) electrons. The van der Waals surface area contributed by atoms with E-state index < -0.39 is 0 Å². The Bertz CT molecular complexity index is 703. The maximum Gasteiger partial charge on any atom is 0.255 e. The van der Waals surface area contributed by atoms with E-state index >= 15 is 0 Å². The van der Waals surface area contributed by atoms with Crippen LogP contribution in [-0.2, 0) is 6.42 Å². The highest BCUT2D eigenvalue weighted by atomic mass is 35.5. The molecule has 2 N–H and O–H groups in total. The fourth-order valence-electron chi connectivity index (χ4n) is 2.14. The molecule has 0 saturated carbocycles. The number of phenols is 1. The number of rotatable bonds is 6. The summed E-state index contributed by atoms with van der Waals surface area (Å²) in [5, 5.41) is 12.8. The van der Waals surface area contributed by atoms with Gasteiger partial charge in [-0.15, -0.1) is 0 Å². The zero-order chi connectivity index (χ0) is 16.8.